The van der Waals surface area contributed by atoms with Gasteiger partial charge in [-0.05, 0) is 12.8 Å². The molecule has 0 radical (unpaired) electrons. The molecule has 1 aliphatic rings. The third kappa shape index (κ3) is 3.85. The molecule has 2 amide bonds. The summed E-state index contributed by atoms with van der Waals surface area (Å²) in [7, 11) is 0. The summed E-state index contributed by atoms with van der Waals surface area (Å²) in [5.41, 5.74) is 0. The van der Waals surface area contributed by atoms with Crippen molar-refractivity contribution in [2.75, 3.05) is 19.6 Å². The van der Waals surface area contributed by atoms with Crippen molar-refractivity contribution in [3.05, 3.63) is 11.6 Å². The first kappa shape index (κ1) is 13.0. The van der Waals surface area contributed by atoms with Gasteiger partial charge in [0.2, 0.25) is 11.8 Å². The first-order chi connectivity index (χ1) is 7.50. The molecule has 1 rings (SSSR count). The number of likely N-dealkylation sites (tertiary alicyclic amines) is 1. The highest BCUT2D eigenvalue weighted by Gasteiger charge is 2.25. The highest BCUT2D eigenvalue weighted by molar-refractivity contribution is 6.29. The molecule has 0 aromatic carbocycles. The van der Waals surface area contributed by atoms with Crippen molar-refractivity contribution in [2.45, 2.75) is 19.8 Å². The Kier molecular flexibility index (Phi) is 4.80. The molecule has 1 saturated heterocycles. The molecule has 1 heterocycles. The second-order valence-electron chi connectivity index (χ2n) is 4.02. The number of carbonyl (C=O) groups is 2. The molecule has 0 bridgehead atoms. The van der Waals surface area contributed by atoms with Crippen LogP contribution in [0.2, 0.25) is 0 Å². The first-order valence-corrected chi connectivity index (χ1v) is 5.75. The minimum Gasteiger partial charge on any atom is -0.351 e. The molecule has 90 valence electrons. The van der Waals surface area contributed by atoms with Gasteiger partial charge in [-0.1, -0.05) is 18.2 Å². The van der Waals surface area contributed by atoms with E-state index in [2.05, 4.69) is 11.9 Å². The van der Waals surface area contributed by atoms with Gasteiger partial charge in [-0.2, -0.15) is 0 Å². The number of halogens is 1. The molecule has 1 aliphatic heterocycles. The van der Waals surface area contributed by atoms with Gasteiger partial charge in [0, 0.05) is 31.0 Å². The molecule has 0 atom stereocenters. The van der Waals surface area contributed by atoms with Crippen LogP contribution in [0.5, 0.6) is 0 Å². The number of nitrogens with zero attached hydrogens (tertiary/aromatic N) is 1. The van der Waals surface area contributed by atoms with Gasteiger partial charge in [0.15, 0.2) is 0 Å². The van der Waals surface area contributed by atoms with Crippen LogP contribution >= 0.6 is 11.6 Å². The van der Waals surface area contributed by atoms with E-state index in [1.807, 2.05) is 0 Å². The number of nitrogens with one attached hydrogen (secondary N) is 1. The van der Waals surface area contributed by atoms with E-state index >= 15 is 0 Å². The van der Waals surface area contributed by atoms with Gasteiger partial charge in [0.05, 0.1) is 6.54 Å². The largest absolute Gasteiger partial charge is 0.351 e. The normalized spacial score (nSPS) is 17.0. The minimum atomic E-state index is -0.00776. The standard InChI is InChI=1S/C11H17ClN2O2/c1-8(12)7-13-11(16)10-3-5-14(6-4-10)9(2)15/h10H,1,3-7H2,2H3,(H,13,16). The summed E-state index contributed by atoms with van der Waals surface area (Å²) in [5, 5.41) is 3.15. The number of hydrogen-bond acceptors (Lipinski definition) is 2. The van der Waals surface area contributed by atoms with Gasteiger partial charge in [-0.3, -0.25) is 9.59 Å². The smallest absolute Gasteiger partial charge is 0.223 e. The highest BCUT2D eigenvalue weighted by atomic mass is 35.5. The third-order valence-electron chi connectivity index (χ3n) is 2.77. The van der Waals surface area contributed by atoms with Gasteiger partial charge < -0.3 is 10.2 Å². The molecule has 0 saturated carbocycles. The number of piperidine rings is 1. The van der Waals surface area contributed by atoms with E-state index in [0.717, 1.165) is 12.8 Å². The quantitative estimate of drug-likeness (QED) is 0.809. The van der Waals surface area contributed by atoms with Crippen molar-refractivity contribution in [1.82, 2.24) is 10.2 Å². The summed E-state index contributed by atoms with van der Waals surface area (Å²) in [5.74, 6) is 0.0737. The Labute approximate surface area is 101 Å². The predicted octanol–water partition coefficient (Wildman–Crippen LogP) is 1.11. The highest BCUT2D eigenvalue weighted by Crippen LogP contribution is 2.17. The molecule has 0 spiro atoms. The van der Waals surface area contributed by atoms with Gasteiger partial charge in [-0.15, -0.1) is 0 Å². The fourth-order valence-electron chi connectivity index (χ4n) is 1.78. The van der Waals surface area contributed by atoms with E-state index in [9.17, 15) is 9.59 Å². The van der Waals surface area contributed by atoms with Crippen molar-refractivity contribution >= 4 is 23.4 Å². The second kappa shape index (κ2) is 5.89. The molecule has 0 unspecified atom stereocenters. The molecule has 0 aromatic heterocycles. The van der Waals surface area contributed by atoms with Crippen molar-refractivity contribution in [1.29, 1.82) is 0 Å². The lowest BCUT2D eigenvalue weighted by atomic mass is 9.96. The van der Waals surface area contributed by atoms with Crippen molar-refractivity contribution in [3.63, 3.8) is 0 Å². The van der Waals surface area contributed by atoms with E-state index in [0.29, 0.717) is 24.7 Å². The van der Waals surface area contributed by atoms with Crippen molar-refractivity contribution in [2.24, 2.45) is 5.92 Å². The Bertz CT molecular complexity index is 296. The monoisotopic (exact) mass is 244 g/mol. The molecule has 1 N–H and O–H groups in total. The lowest BCUT2D eigenvalue weighted by molar-refractivity contribution is -0.133. The average Bonchev–Trinajstić information content (AvgIpc) is 2.26. The molecular weight excluding hydrogens is 228 g/mol. The van der Waals surface area contributed by atoms with E-state index < -0.39 is 0 Å². The Morgan fingerprint density at radius 1 is 1.44 bits per heavy atom. The SMILES string of the molecule is C=C(Cl)CNC(=O)C1CCN(C(C)=O)CC1. The summed E-state index contributed by atoms with van der Waals surface area (Å²) < 4.78 is 0. The summed E-state index contributed by atoms with van der Waals surface area (Å²) in [6.07, 6.45) is 1.44. The van der Waals surface area contributed by atoms with Crippen LogP contribution in [0.15, 0.2) is 11.6 Å². The summed E-state index contributed by atoms with van der Waals surface area (Å²) in [6.45, 7) is 6.70. The minimum absolute atomic E-state index is 0.00463. The summed E-state index contributed by atoms with van der Waals surface area (Å²) in [4.78, 5) is 24.5. The topological polar surface area (TPSA) is 49.4 Å². The van der Waals surface area contributed by atoms with Crippen LogP contribution < -0.4 is 5.32 Å². The lowest BCUT2D eigenvalue weighted by Crippen LogP contribution is -2.42. The van der Waals surface area contributed by atoms with Crippen LogP contribution in [-0.4, -0.2) is 36.3 Å². The maximum atomic E-state index is 11.7. The van der Waals surface area contributed by atoms with E-state index in [-0.39, 0.29) is 17.7 Å². The number of rotatable bonds is 3. The molecule has 0 aromatic rings. The van der Waals surface area contributed by atoms with E-state index in [4.69, 9.17) is 11.6 Å². The Morgan fingerprint density at radius 3 is 2.44 bits per heavy atom. The van der Waals surface area contributed by atoms with Gasteiger partial charge in [0.25, 0.3) is 0 Å². The summed E-state index contributed by atoms with van der Waals surface area (Å²) >= 11 is 5.56. The predicted molar refractivity (Wildman–Crippen MR) is 63.0 cm³/mol. The third-order valence-corrected chi connectivity index (χ3v) is 2.90. The zero-order chi connectivity index (χ0) is 12.1. The van der Waals surface area contributed by atoms with Crippen LogP contribution in [0.1, 0.15) is 19.8 Å². The van der Waals surface area contributed by atoms with Crippen LogP contribution in [0.25, 0.3) is 0 Å². The summed E-state index contributed by atoms with van der Waals surface area (Å²) in [6, 6.07) is 0. The number of amides is 2. The van der Waals surface area contributed by atoms with Crippen LogP contribution in [0.3, 0.4) is 0 Å². The molecule has 0 aliphatic carbocycles. The van der Waals surface area contributed by atoms with E-state index in [1.165, 1.54) is 0 Å². The zero-order valence-corrected chi connectivity index (χ0v) is 10.2. The van der Waals surface area contributed by atoms with Crippen LogP contribution in [-0.2, 0) is 9.59 Å². The fourth-order valence-corrected chi connectivity index (χ4v) is 1.85. The molecular formula is C11H17ClN2O2. The molecule has 16 heavy (non-hydrogen) atoms. The molecule has 1 fully saturated rings. The van der Waals surface area contributed by atoms with Gasteiger partial charge in [-0.25, -0.2) is 0 Å². The maximum Gasteiger partial charge on any atom is 0.223 e. The molecule has 5 heteroatoms. The Balaban J connectivity index is 2.33. The Hall–Kier alpha value is -1.03. The van der Waals surface area contributed by atoms with E-state index in [1.54, 1.807) is 11.8 Å². The van der Waals surface area contributed by atoms with Crippen LogP contribution in [0.4, 0.5) is 0 Å². The van der Waals surface area contributed by atoms with Crippen molar-refractivity contribution < 1.29 is 9.59 Å². The fraction of sp³-hybridized carbons (Fsp3) is 0.636. The average molecular weight is 245 g/mol. The van der Waals surface area contributed by atoms with Crippen LogP contribution in [0, 0.1) is 5.92 Å². The zero-order valence-electron chi connectivity index (χ0n) is 9.46. The lowest BCUT2D eigenvalue weighted by Gasteiger charge is -2.30. The van der Waals surface area contributed by atoms with Gasteiger partial charge >= 0.3 is 0 Å². The molecule has 4 nitrogen and oxygen atoms in total. The number of carbonyl (C=O) groups excluding carboxylic acids is 2. The first-order valence-electron chi connectivity index (χ1n) is 5.37. The number of hydrogen-bond donors (Lipinski definition) is 1. The van der Waals surface area contributed by atoms with Gasteiger partial charge in [0.1, 0.15) is 0 Å². The maximum absolute atomic E-state index is 11.7. The Morgan fingerprint density at radius 2 is 2.00 bits per heavy atom. The second-order valence-corrected chi connectivity index (χ2v) is 4.55. The van der Waals surface area contributed by atoms with Crippen molar-refractivity contribution in [3.8, 4) is 0 Å².